The monoisotopic (exact) mass is 284 g/mol. The number of halogens is 3. The van der Waals surface area contributed by atoms with Crippen molar-refractivity contribution >= 4 is 0 Å². The number of rotatable bonds is 2. The fourth-order valence-electron chi connectivity index (χ4n) is 3.67. The van der Waals surface area contributed by atoms with Gasteiger partial charge in [-0.1, -0.05) is 30.3 Å². The average molecular weight is 284 g/mol. The van der Waals surface area contributed by atoms with Gasteiger partial charge in [-0.2, -0.15) is 13.2 Å². The second-order valence-corrected chi connectivity index (χ2v) is 6.28. The molecule has 0 spiro atoms. The lowest BCUT2D eigenvalue weighted by atomic mass is 9.75. The van der Waals surface area contributed by atoms with Gasteiger partial charge in [0.2, 0.25) is 0 Å². The average Bonchev–Trinajstić information content (AvgIpc) is 3.20. The topological polar surface area (TPSA) is 20.2 Å². The number of alkyl halides is 3. The Labute approximate surface area is 116 Å². The summed E-state index contributed by atoms with van der Waals surface area (Å²) in [6.45, 7) is 0. The summed E-state index contributed by atoms with van der Waals surface area (Å²) in [5.41, 5.74) is 0.311. The molecule has 1 nitrogen and oxygen atoms in total. The lowest BCUT2D eigenvalue weighted by molar-refractivity contribution is -0.193. The molecule has 20 heavy (non-hydrogen) atoms. The third-order valence-electron chi connectivity index (χ3n) is 5.02. The highest BCUT2D eigenvalue weighted by Gasteiger charge is 2.55. The zero-order valence-electron chi connectivity index (χ0n) is 11.2. The van der Waals surface area contributed by atoms with Crippen molar-refractivity contribution in [3.05, 3.63) is 35.9 Å². The maximum absolute atomic E-state index is 12.7. The number of benzene rings is 1. The first kappa shape index (κ1) is 13.9. The van der Waals surface area contributed by atoms with Gasteiger partial charge in [0, 0.05) is 0 Å². The molecule has 4 heteroatoms. The van der Waals surface area contributed by atoms with E-state index in [0.29, 0.717) is 5.92 Å². The summed E-state index contributed by atoms with van der Waals surface area (Å²) < 4.78 is 38.0. The van der Waals surface area contributed by atoms with Gasteiger partial charge >= 0.3 is 6.18 Å². The second kappa shape index (κ2) is 4.76. The molecular weight excluding hydrogens is 265 g/mol. The van der Waals surface area contributed by atoms with Crippen molar-refractivity contribution in [1.29, 1.82) is 0 Å². The van der Waals surface area contributed by atoms with Crippen LogP contribution < -0.4 is 0 Å². The largest absolute Gasteiger partial charge is 0.391 e. The van der Waals surface area contributed by atoms with Gasteiger partial charge < -0.3 is 5.11 Å². The van der Waals surface area contributed by atoms with E-state index in [1.165, 1.54) is 5.56 Å². The molecule has 0 aromatic heterocycles. The fourth-order valence-corrected chi connectivity index (χ4v) is 3.67. The summed E-state index contributed by atoms with van der Waals surface area (Å²) in [6, 6.07) is 9.96. The highest BCUT2D eigenvalue weighted by molar-refractivity contribution is 5.28. The van der Waals surface area contributed by atoms with Crippen molar-refractivity contribution in [3.63, 3.8) is 0 Å². The summed E-state index contributed by atoms with van der Waals surface area (Å²) in [5.74, 6) is -0.764. The molecule has 110 valence electrons. The standard InChI is InChI=1S/C16H19F3O/c17-16(18,19)12-6-8-15(20,9-7-12)14-10-13(14)11-4-2-1-3-5-11/h1-5,12-14,20H,6-10H2. The first-order valence-corrected chi connectivity index (χ1v) is 7.24. The molecule has 2 unspecified atom stereocenters. The normalized spacial score (nSPS) is 37.7. The van der Waals surface area contributed by atoms with Gasteiger partial charge in [0.05, 0.1) is 11.5 Å². The van der Waals surface area contributed by atoms with Crippen LogP contribution in [0.2, 0.25) is 0 Å². The van der Waals surface area contributed by atoms with Crippen LogP contribution in [-0.2, 0) is 0 Å². The SMILES string of the molecule is OC1(C2CC2c2ccccc2)CCC(C(F)(F)F)CC1. The third kappa shape index (κ3) is 2.58. The zero-order valence-corrected chi connectivity index (χ0v) is 11.2. The second-order valence-electron chi connectivity index (χ2n) is 6.28. The van der Waals surface area contributed by atoms with E-state index < -0.39 is 17.7 Å². The minimum Gasteiger partial charge on any atom is -0.390 e. The van der Waals surface area contributed by atoms with E-state index in [1.807, 2.05) is 30.3 Å². The van der Waals surface area contributed by atoms with E-state index in [2.05, 4.69) is 0 Å². The predicted octanol–water partition coefficient (Wildman–Crippen LogP) is 4.27. The van der Waals surface area contributed by atoms with Gasteiger partial charge in [0.25, 0.3) is 0 Å². The molecule has 0 bridgehead atoms. The van der Waals surface area contributed by atoms with Crippen LogP contribution >= 0.6 is 0 Å². The van der Waals surface area contributed by atoms with Gasteiger partial charge in [-0.3, -0.25) is 0 Å². The summed E-state index contributed by atoms with van der Waals surface area (Å²) in [5, 5.41) is 10.7. The molecule has 0 radical (unpaired) electrons. The minimum atomic E-state index is -4.11. The molecule has 1 aromatic carbocycles. The number of hydrogen-bond donors (Lipinski definition) is 1. The van der Waals surface area contributed by atoms with E-state index in [9.17, 15) is 18.3 Å². The number of hydrogen-bond acceptors (Lipinski definition) is 1. The Morgan fingerprint density at radius 2 is 1.65 bits per heavy atom. The van der Waals surface area contributed by atoms with E-state index in [4.69, 9.17) is 0 Å². The van der Waals surface area contributed by atoms with E-state index in [-0.39, 0.29) is 31.6 Å². The van der Waals surface area contributed by atoms with Gasteiger partial charge in [-0.25, -0.2) is 0 Å². The summed E-state index contributed by atoms with van der Waals surface area (Å²) in [6.07, 6.45) is -2.51. The molecule has 2 aliphatic rings. The van der Waals surface area contributed by atoms with E-state index >= 15 is 0 Å². The molecule has 0 saturated heterocycles. The van der Waals surface area contributed by atoms with E-state index in [1.54, 1.807) is 0 Å². The summed E-state index contributed by atoms with van der Waals surface area (Å²) in [7, 11) is 0. The fraction of sp³-hybridized carbons (Fsp3) is 0.625. The lowest BCUT2D eigenvalue weighted by Crippen LogP contribution is -2.40. The molecule has 2 aliphatic carbocycles. The molecule has 2 fully saturated rings. The third-order valence-corrected chi connectivity index (χ3v) is 5.02. The van der Waals surface area contributed by atoms with Crippen LogP contribution in [0.4, 0.5) is 13.2 Å². The molecular formula is C16H19F3O. The molecule has 2 atom stereocenters. The maximum Gasteiger partial charge on any atom is 0.391 e. The summed E-state index contributed by atoms with van der Waals surface area (Å²) >= 11 is 0. The molecule has 0 amide bonds. The summed E-state index contributed by atoms with van der Waals surface area (Å²) in [4.78, 5) is 0. The van der Waals surface area contributed by atoms with Crippen LogP contribution in [0.25, 0.3) is 0 Å². The van der Waals surface area contributed by atoms with Crippen molar-refractivity contribution in [3.8, 4) is 0 Å². The molecule has 1 aromatic rings. The molecule has 2 saturated carbocycles. The molecule has 0 heterocycles. The zero-order chi connectivity index (χ0) is 14.4. The lowest BCUT2D eigenvalue weighted by Gasteiger charge is -2.37. The predicted molar refractivity (Wildman–Crippen MR) is 70.3 cm³/mol. The maximum atomic E-state index is 12.7. The Morgan fingerprint density at radius 3 is 2.20 bits per heavy atom. The smallest absolute Gasteiger partial charge is 0.390 e. The van der Waals surface area contributed by atoms with Gasteiger partial charge in [0.1, 0.15) is 0 Å². The Morgan fingerprint density at radius 1 is 1.05 bits per heavy atom. The first-order valence-electron chi connectivity index (χ1n) is 7.24. The van der Waals surface area contributed by atoms with Gasteiger partial charge in [-0.15, -0.1) is 0 Å². The number of aliphatic hydroxyl groups is 1. The Hall–Kier alpha value is -1.03. The van der Waals surface area contributed by atoms with Gasteiger partial charge in [0.15, 0.2) is 0 Å². The van der Waals surface area contributed by atoms with Crippen molar-refractivity contribution in [2.75, 3.05) is 0 Å². The highest BCUT2D eigenvalue weighted by Crippen LogP contribution is 2.58. The first-order chi connectivity index (χ1) is 9.40. The minimum absolute atomic E-state index is 0.0675. The highest BCUT2D eigenvalue weighted by atomic mass is 19.4. The van der Waals surface area contributed by atoms with Gasteiger partial charge in [-0.05, 0) is 49.5 Å². The van der Waals surface area contributed by atoms with Crippen LogP contribution in [-0.4, -0.2) is 16.9 Å². The van der Waals surface area contributed by atoms with Crippen LogP contribution in [0.5, 0.6) is 0 Å². The van der Waals surface area contributed by atoms with Crippen LogP contribution in [0, 0.1) is 11.8 Å². The molecule has 0 aliphatic heterocycles. The molecule has 3 rings (SSSR count). The Bertz CT molecular complexity index is 460. The quantitative estimate of drug-likeness (QED) is 0.859. The van der Waals surface area contributed by atoms with Crippen LogP contribution in [0.3, 0.4) is 0 Å². The van der Waals surface area contributed by atoms with Crippen molar-refractivity contribution in [1.82, 2.24) is 0 Å². The molecule has 1 N–H and O–H groups in total. The van der Waals surface area contributed by atoms with E-state index in [0.717, 1.165) is 6.42 Å². The van der Waals surface area contributed by atoms with Crippen molar-refractivity contribution < 1.29 is 18.3 Å². The van der Waals surface area contributed by atoms with Crippen molar-refractivity contribution in [2.45, 2.75) is 49.8 Å². The Balaban J connectivity index is 1.63. The Kier molecular flexibility index (Phi) is 3.32. The van der Waals surface area contributed by atoms with Crippen LogP contribution in [0.15, 0.2) is 30.3 Å². The van der Waals surface area contributed by atoms with Crippen LogP contribution in [0.1, 0.15) is 43.6 Å². The van der Waals surface area contributed by atoms with Crippen molar-refractivity contribution in [2.24, 2.45) is 11.8 Å².